The van der Waals surface area contributed by atoms with Crippen LogP contribution >= 0.6 is 0 Å². The highest BCUT2D eigenvalue weighted by Crippen LogP contribution is 2.33. The van der Waals surface area contributed by atoms with Gasteiger partial charge in [0, 0.05) is 25.3 Å². The average molecular weight is 329 g/mol. The second kappa shape index (κ2) is 7.73. The fourth-order valence-electron chi connectivity index (χ4n) is 2.61. The van der Waals surface area contributed by atoms with Crippen molar-refractivity contribution in [1.82, 2.24) is 0 Å². The van der Waals surface area contributed by atoms with Gasteiger partial charge in [0.15, 0.2) is 0 Å². The molecule has 24 heavy (non-hydrogen) atoms. The predicted molar refractivity (Wildman–Crippen MR) is 94.4 cm³/mol. The van der Waals surface area contributed by atoms with Crippen molar-refractivity contribution in [3.63, 3.8) is 0 Å². The molecule has 0 heterocycles. The van der Waals surface area contributed by atoms with Gasteiger partial charge in [0.2, 0.25) is 0 Å². The zero-order valence-electron chi connectivity index (χ0n) is 14.4. The lowest BCUT2D eigenvalue weighted by atomic mass is 9.91. The van der Waals surface area contributed by atoms with Gasteiger partial charge in [-0.05, 0) is 42.3 Å². The molecule has 0 spiro atoms. The molecule has 5 nitrogen and oxygen atoms in total. The Hall–Kier alpha value is -2.69. The summed E-state index contributed by atoms with van der Waals surface area (Å²) in [4.78, 5) is 13.8. The minimum atomic E-state index is -0.891. The number of aliphatic carboxylic acids is 1. The third kappa shape index (κ3) is 3.98. The molecular formula is C19H23NO4. The van der Waals surface area contributed by atoms with Crippen LogP contribution in [0.3, 0.4) is 0 Å². The Labute approximate surface area is 142 Å². The molecule has 0 fully saturated rings. The molecule has 0 aromatic heterocycles. The highest BCUT2D eigenvalue weighted by atomic mass is 16.5. The van der Waals surface area contributed by atoms with Crippen LogP contribution in [-0.2, 0) is 11.2 Å². The van der Waals surface area contributed by atoms with Crippen molar-refractivity contribution < 1.29 is 19.4 Å². The molecule has 2 rings (SSSR count). The number of benzene rings is 2. The maximum absolute atomic E-state index is 11.8. The van der Waals surface area contributed by atoms with Crippen LogP contribution in [0.2, 0.25) is 0 Å². The Morgan fingerprint density at radius 3 is 2.25 bits per heavy atom. The SMILES string of the molecule is COc1ccc(OC)c(C(Cc2ccc(N(C)C)cc2)C(=O)O)c1. The Bertz CT molecular complexity index is 695. The van der Waals surface area contributed by atoms with Crippen LogP contribution in [0.5, 0.6) is 11.5 Å². The molecule has 1 N–H and O–H groups in total. The van der Waals surface area contributed by atoms with Gasteiger partial charge in [-0.25, -0.2) is 0 Å². The van der Waals surface area contributed by atoms with Gasteiger partial charge in [-0.3, -0.25) is 4.79 Å². The summed E-state index contributed by atoms with van der Waals surface area (Å²) in [6.45, 7) is 0. The second-order valence-electron chi connectivity index (χ2n) is 5.76. The number of carboxylic acids is 1. The number of carboxylic acid groups (broad SMARTS) is 1. The Morgan fingerprint density at radius 1 is 1.08 bits per heavy atom. The number of nitrogens with zero attached hydrogens (tertiary/aromatic N) is 1. The fraction of sp³-hybridized carbons (Fsp3) is 0.316. The summed E-state index contributed by atoms with van der Waals surface area (Å²) in [7, 11) is 7.03. The molecule has 1 unspecified atom stereocenters. The number of ether oxygens (including phenoxy) is 2. The molecule has 1 atom stereocenters. The van der Waals surface area contributed by atoms with Gasteiger partial charge in [-0.2, -0.15) is 0 Å². The van der Waals surface area contributed by atoms with Crippen molar-refractivity contribution in [3.05, 3.63) is 53.6 Å². The van der Waals surface area contributed by atoms with Crippen molar-refractivity contribution in [3.8, 4) is 11.5 Å². The Kier molecular flexibility index (Phi) is 5.68. The van der Waals surface area contributed by atoms with E-state index in [0.717, 1.165) is 11.3 Å². The highest BCUT2D eigenvalue weighted by molar-refractivity contribution is 5.78. The first kappa shape index (κ1) is 17.7. The molecule has 0 amide bonds. The summed E-state index contributed by atoms with van der Waals surface area (Å²) in [5.74, 6) is -0.438. The van der Waals surface area contributed by atoms with Crippen LogP contribution in [0, 0.1) is 0 Å². The number of hydrogen-bond donors (Lipinski definition) is 1. The van der Waals surface area contributed by atoms with Gasteiger partial charge in [0.1, 0.15) is 11.5 Å². The van der Waals surface area contributed by atoms with Crippen molar-refractivity contribution >= 4 is 11.7 Å². The summed E-state index contributed by atoms with van der Waals surface area (Å²) in [6.07, 6.45) is 0.382. The van der Waals surface area contributed by atoms with Crippen LogP contribution in [0.25, 0.3) is 0 Å². The standard InChI is InChI=1S/C19H23NO4/c1-20(2)14-7-5-13(6-8-14)11-17(19(21)22)16-12-15(23-3)9-10-18(16)24-4/h5-10,12,17H,11H2,1-4H3,(H,21,22). The lowest BCUT2D eigenvalue weighted by molar-refractivity contribution is -0.138. The average Bonchev–Trinajstić information content (AvgIpc) is 2.59. The minimum Gasteiger partial charge on any atom is -0.497 e. The molecule has 2 aromatic carbocycles. The van der Waals surface area contributed by atoms with Crippen LogP contribution in [0.15, 0.2) is 42.5 Å². The molecule has 0 saturated carbocycles. The van der Waals surface area contributed by atoms with Crippen LogP contribution in [-0.4, -0.2) is 39.4 Å². The molecule has 0 radical (unpaired) electrons. The highest BCUT2D eigenvalue weighted by Gasteiger charge is 2.24. The number of carbonyl (C=O) groups is 1. The van der Waals surface area contributed by atoms with E-state index in [-0.39, 0.29) is 0 Å². The van der Waals surface area contributed by atoms with Crippen molar-refractivity contribution in [2.24, 2.45) is 0 Å². The molecule has 2 aromatic rings. The number of rotatable bonds is 7. The zero-order chi connectivity index (χ0) is 17.7. The fourth-order valence-corrected chi connectivity index (χ4v) is 2.61. The van der Waals surface area contributed by atoms with Crippen molar-refractivity contribution in [1.29, 1.82) is 0 Å². The van der Waals surface area contributed by atoms with E-state index in [2.05, 4.69) is 0 Å². The van der Waals surface area contributed by atoms with E-state index >= 15 is 0 Å². The summed E-state index contributed by atoms with van der Waals surface area (Å²) in [5, 5.41) is 9.71. The third-order valence-electron chi connectivity index (χ3n) is 4.00. The predicted octanol–water partition coefficient (Wildman–Crippen LogP) is 3.18. The van der Waals surface area contributed by atoms with E-state index in [0.29, 0.717) is 23.5 Å². The largest absolute Gasteiger partial charge is 0.497 e. The lowest BCUT2D eigenvalue weighted by Gasteiger charge is -2.18. The van der Waals surface area contributed by atoms with Crippen LogP contribution in [0.1, 0.15) is 17.0 Å². The monoisotopic (exact) mass is 329 g/mol. The molecule has 0 aliphatic carbocycles. The molecule has 0 saturated heterocycles. The maximum atomic E-state index is 11.8. The van der Waals surface area contributed by atoms with E-state index in [1.165, 1.54) is 7.11 Å². The van der Waals surface area contributed by atoms with Crippen LogP contribution < -0.4 is 14.4 Å². The first-order chi connectivity index (χ1) is 11.5. The number of anilines is 1. The second-order valence-corrected chi connectivity index (χ2v) is 5.76. The number of hydrogen-bond acceptors (Lipinski definition) is 4. The van der Waals surface area contributed by atoms with Crippen LogP contribution in [0.4, 0.5) is 5.69 Å². The summed E-state index contributed by atoms with van der Waals surface area (Å²) < 4.78 is 10.6. The first-order valence-corrected chi connectivity index (χ1v) is 7.67. The van der Waals surface area contributed by atoms with E-state index in [1.54, 1.807) is 25.3 Å². The van der Waals surface area contributed by atoms with Crippen molar-refractivity contribution in [2.75, 3.05) is 33.2 Å². The van der Waals surface area contributed by atoms with Gasteiger partial charge in [0.05, 0.1) is 20.1 Å². The molecule has 5 heteroatoms. The van der Waals surface area contributed by atoms with E-state index in [1.807, 2.05) is 43.3 Å². The van der Waals surface area contributed by atoms with E-state index in [9.17, 15) is 9.90 Å². The molecule has 0 aliphatic rings. The zero-order valence-corrected chi connectivity index (χ0v) is 14.4. The van der Waals surface area contributed by atoms with Gasteiger partial charge in [0.25, 0.3) is 0 Å². The summed E-state index contributed by atoms with van der Waals surface area (Å²) in [6, 6.07) is 13.1. The van der Waals surface area contributed by atoms with Gasteiger partial charge >= 0.3 is 5.97 Å². The maximum Gasteiger partial charge on any atom is 0.311 e. The third-order valence-corrected chi connectivity index (χ3v) is 4.00. The number of methoxy groups -OCH3 is 2. The van der Waals surface area contributed by atoms with E-state index in [4.69, 9.17) is 9.47 Å². The summed E-state index contributed by atoms with van der Waals surface area (Å²) >= 11 is 0. The van der Waals surface area contributed by atoms with E-state index < -0.39 is 11.9 Å². The topological polar surface area (TPSA) is 59.0 Å². The molecule has 0 bridgehead atoms. The Balaban J connectivity index is 2.34. The quantitative estimate of drug-likeness (QED) is 0.845. The first-order valence-electron chi connectivity index (χ1n) is 7.67. The minimum absolute atomic E-state index is 0.382. The molecule has 128 valence electrons. The normalized spacial score (nSPS) is 11.7. The van der Waals surface area contributed by atoms with Gasteiger partial charge in [-0.15, -0.1) is 0 Å². The van der Waals surface area contributed by atoms with Gasteiger partial charge in [-0.1, -0.05) is 12.1 Å². The summed E-state index contributed by atoms with van der Waals surface area (Å²) in [5.41, 5.74) is 2.64. The van der Waals surface area contributed by atoms with Gasteiger partial charge < -0.3 is 19.5 Å². The molecular weight excluding hydrogens is 306 g/mol. The van der Waals surface area contributed by atoms with Crippen molar-refractivity contribution in [2.45, 2.75) is 12.3 Å². The molecule has 0 aliphatic heterocycles. The smallest absolute Gasteiger partial charge is 0.311 e. The Morgan fingerprint density at radius 2 is 1.75 bits per heavy atom. The lowest BCUT2D eigenvalue weighted by Crippen LogP contribution is -2.16.